The number of hydrogen-bond donors (Lipinski definition) is 2. The molecule has 2 N–H and O–H groups in total. The zero-order valence-corrected chi connectivity index (χ0v) is 23.3. The van der Waals surface area contributed by atoms with E-state index >= 15 is 0 Å². The van der Waals surface area contributed by atoms with Gasteiger partial charge in [-0.2, -0.15) is 10.1 Å². The molecule has 8 heteroatoms. The van der Waals surface area contributed by atoms with Gasteiger partial charge in [0.05, 0.1) is 12.1 Å². The molecule has 0 saturated heterocycles. The third kappa shape index (κ3) is 6.09. The van der Waals surface area contributed by atoms with Gasteiger partial charge in [-0.05, 0) is 58.8 Å². The van der Waals surface area contributed by atoms with Gasteiger partial charge < -0.3 is 10.6 Å². The summed E-state index contributed by atoms with van der Waals surface area (Å²) in [5.74, 6) is -0.424. The zero-order chi connectivity index (χ0) is 28.9. The minimum atomic E-state index is -0.624. The van der Waals surface area contributed by atoms with E-state index in [4.69, 9.17) is 0 Å². The first-order chi connectivity index (χ1) is 20.5. The van der Waals surface area contributed by atoms with Gasteiger partial charge in [0, 0.05) is 16.1 Å². The minimum absolute atomic E-state index is 0.00307. The number of amides is 3. The summed E-state index contributed by atoms with van der Waals surface area (Å²) in [4.78, 5) is 40.0. The van der Waals surface area contributed by atoms with E-state index in [1.54, 1.807) is 18.2 Å². The highest BCUT2D eigenvalue weighted by Gasteiger charge is 2.29. The van der Waals surface area contributed by atoms with Crippen molar-refractivity contribution < 1.29 is 14.4 Å². The van der Waals surface area contributed by atoms with E-state index in [9.17, 15) is 14.4 Å². The Labute approximate surface area is 247 Å². The highest BCUT2D eigenvalue weighted by molar-refractivity contribution is 8.00. The fraction of sp³-hybridized carbons (Fsp3) is 0.0588. The predicted molar refractivity (Wildman–Crippen MR) is 168 cm³/mol. The van der Waals surface area contributed by atoms with E-state index in [1.807, 2.05) is 109 Å². The second-order valence-electron chi connectivity index (χ2n) is 9.71. The number of carbonyl (C=O) groups excluding carboxylic acids is 3. The maximum absolute atomic E-state index is 13.6. The summed E-state index contributed by atoms with van der Waals surface area (Å²) in [6.45, 7) is 0. The van der Waals surface area contributed by atoms with E-state index in [1.165, 1.54) is 16.8 Å². The SMILES string of the molecule is O=C(Nc1cccc(SC(C(=O)NC2=NN(c3ccccc3)C(=O)C2)c2ccccc2)c1)c1ccc2ccccc2c1. The van der Waals surface area contributed by atoms with E-state index in [0.717, 1.165) is 21.2 Å². The zero-order valence-electron chi connectivity index (χ0n) is 22.4. The van der Waals surface area contributed by atoms with E-state index < -0.39 is 5.25 Å². The number of benzene rings is 5. The molecule has 0 aliphatic carbocycles. The number of hydrogen-bond acceptors (Lipinski definition) is 5. The summed E-state index contributed by atoms with van der Waals surface area (Å²) in [5, 5.41) is 13.0. The first kappa shape index (κ1) is 27.0. The molecule has 5 aromatic rings. The van der Waals surface area contributed by atoms with Gasteiger partial charge in [-0.3, -0.25) is 14.4 Å². The molecule has 1 aliphatic rings. The molecule has 0 spiro atoms. The van der Waals surface area contributed by atoms with Crippen molar-refractivity contribution in [3.8, 4) is 0 Å². The molecule has 1 unspecified atom stereocenters. The Kier molecular flexibility index (Phi) is 7.79. The second-order valence-corrected chi connectivity index (χ2v) is 10.9. The maximum atomic E-state index is 13.6. The first-order valence-electron chi connectivity index (χ1n) is 13.4. The van der Waals surface area contributed by atoms with Crippen LogP contribution < -0.4 is 15.6 Å². The summed E-state index contributed by atoms with van der Waals surface area (Å²) >= 11 is 1.35. The lowest BCUT2D eigenvalue weighted by atomic mass is 10.1. The number of anilines is 2. The maximum Gasteiger partial charge on any atom is 0.255 e. The Morgan fingerprint density at radius 2 is 1.45 bits per heavy atom. The lowest BCUT2D eigenvalue weighted by Crippen LogP contribution is -2.33. The average molecular weight is 571 g/mol. The Hall–Kier alpha value is -5.21. The van der Waals surface area contributed by atoms with Crippen molar-refractivity contribution >= 4 is 57.5 Å². The van der Waals surface area contributed by atoms with Crippen molar-refractivity contribution in [3.63, 3.8) is 0 Å². The van der Waals surface area contributed by atoms with Gasteiger partial charge in [-0.1, -0.05) is 84.9 Å². The quantitative estimate of drug-likeness (QED) is 0.211. The van der Waals surface area contributed by atoms with Crippen molar-refractivity contribution in [2.75, 3.05) is 10.3 Å². The second kappa shape index (κ2) is 12.1. The van der Waals surface area contributed by atoms with Crippen molar-refractivity contribution in [1.82, 2.24) is 5.32 Å². The van der Waals surface area contributed by atoms with Crippen LogP contribution in [0.4, 0.5) is 11.4 Å². The number of hydrazone groups is 1. The van der Waals surface area contributed by atoms with Crippen LogP contribution in [-0.4, -0.2) is 23.6 Å². The van der Waals surface area contributed by atoms with E-state index in [2.05, 4.69) is 15.7 Å². The number of para-hydroxylation sites is 1. The predicted octanol–water partition coefficient (Wildman–Crippen LogP) is 6.79. The number of thioether (sulfide) groups is 1. The number of amidine groups is 1. The molecule has 0 fully saturated rings. The molecule has 6 rings (SSSR count). The molecule has 7 nitrogen and oxygen atoms in total. The van der Waals surface area contributed by atoms with Crippen molar-refractivity contribution in [2.45, 2.75) is 16.6 Å². The van der Waals surface area contributed by atoms with Crippen LogP contribution in [0.15, 0.2) is 137 Å². The standard InChI is InChI=1S/C34H26N4O3S/c39-31-22-30(37-38(31)28-15-5-2-6-16-28)36-34(41)32(24-11-3-1-4-12-24)42-29-17-9-14-27(21-29)35-33(40)26-19-18-23-10-7-8-13-25(23)20-26/h1-21,32H,22H2,(H,35,40)(H,36,37,41). The van der Waals surface area contributed by atoms with E-state index in [0.29, 0.717) is 22.8 Å². The highest BCUT2D eigenvalue weighted by atomic mass is 32.2. The Morgan fingerprint density at radius 1 is 0.738 bits per heavy atom. The average Bonchev–Trinajstić information content (AvgIpc) is 3.40. The normalized spacial score (nSPS) is 13.5. The number of rotatable bonds is 7. The van der Waals surface area contributed by atoms with Crippen LogP contribution in [0.2, 0.25) is 0 Å². The molecule has 5 aromatic carbocycles. The fourth-order valence-electron chi connectivity index (χ4n) is 4.70. The van der Waals surface area contributed by atoms with Crippen LogP contribution in [0, 0.1) is 0 Å². The fourth-order valence-corrected chi connectivity index (χ4v) is 5.78. The molecule has 42 heavy (non-hydrogen) atoms. The molecule has 1 atom stereocenters. The first-order valence-corrected chi connectivity index (χ1v) is 14.3. The van der Waals surface area contributed by atoms with E-state index in [-0.39, 0.29) is 24.1 Å². The number of nitrogens with zero attached hydrogens (tertiary/aromatic N) is 2. The Balaban J connectivity index is 1.19. The summed E-state index contributed by atoms with van der Waals surface area (Å²) in [6, 6.07) is 39.4. The van der Waals surface area contributed by atoms with Gasteiger partial charge in [-0.25, -0.2) is 0 Å². The molecular weight excluding hydrogens is 544 g/mol. The molecule has 1 aliphatic heterocycles. The Morgan fingerprint density at radius 3 is 2.24 bits per heavy atom. The third-order valence-corrected chi connectivity index (χ3v) is 7.99. The lowest BCUT2D eigenvalue weighted by molar-refractivity contribution is -0.119. The molecule has 0 saturated carbocycles. The van der Waals surface area contributed by atoms with Crippen LogP contribution >= 0.6 is 11.8 Å². The molecule has 0 aromatic heterocycles. The largest absolute Gasteiger partial charge is 0.322 e. The molecule has 3 amide bonds. The molecule has 1 heterocycles. The third-order valence-electron chi connectivity index (χ3n) is 6.74. The molecular formula is C34H26N4O3S. The molecule has 206 valence electrons. The summed E-state index contributed by atoms with van der Waals surface area (Å²) in [7, 11) is 0. The summed E-state index contributed by atoms with van der Waals surface area (Å²) < 4.78 is 0. The molecule has 0 bridgehead atoms. The van der Waals surface area contributed by atoms with Crippen molar-refractivity contribution in [3.05, 3.63) is 139 Å². The van der Waals surface area contributed by atoms with Gasteiger partial charge in [0.2, 0.25) is 5.91 Å². The summed E-state index contributed by atoms with van der Waals surface area (Å²) in [6.07, 6.45) is 0.00307. The number of nitrogens with one attached hydrogen (secondary N) is 2. The van der Waals surface area contributed by atoms with Crippen LogP contribution in [0.3, 0.4) is 0 Å². The lowest BCUT2D eigenvalue weighted by Gasteiger charge is -2.17. The topological polar surface area (TPSA) is 90.9 Å². The van der Waals surface area contributed by atoms with Gasteiger partial charge >= 0.3 is 0 Å². The smallest absolute Gasteiger partial charge is 0.255 e. The van der Waals surface area contributed by atoms with Gasteiger partial charge in [0.25, 0.3) is 11.8 Å². The van der Waals surface area contributed by atoms with Gasteiger partial charge in [-0.15, -0.1) is 11.8 Å². The van der Waals surface area contributed by atoms with Crippen LogP contribution in [-0.2, 0) is 9.59 Å². The van der Waals surface area contributed by atoms with Gasteiger partial charge in [0.15, 0.2) is 0 Å². The van der Waals surface area contributed by atoms with Gasteiger partial charge in [0.1, 0.15) is 11.1 Å². The molecule has 0 radical (unpaired) electrons. The number of carbonyl (C=O) groups is 3. The Bertz CT molecular complexity index is 1810. The van der Waals surface area contributed by atoms with Crippen molar-refractivity contribution in [1.29, 1.82) is 0 Å². The van der Waals surface area contributed by atoms with Crippen LogP contribution in [0.1, 0.15) is 27.6 Å². The summed E-state index contributed by atoms with van der Waals surface area (Å²) in [5.41, 5.74) is 2.62. The highest BCUT2D eigenvalue weighted by Crippen LogP contribution is 2.37. The van der Waals surface area contributed by atoms with Crippen LogP contribution in [0.25, 0.3) is 10.8 Å². The van der Waals surface area contributed by atoms with Crippen LogP contribution in [0.5, 0.6) is 0 Å². The number of fused-ring (bicyclic) bond motifs is 1. The van der Waals surface area contributed by atoms with Crippen molar-refractivity contribution in [2.24, 2.45) is 5.10 Å². The minimum Gasteiger partial charge on any atom is -0.322 e. The monoisotopic (exact) mass is 570 g/mol.